The lowest BCUT2D eigenvalue weighted by Crippen LogP contribution is -1.92. The van der Waals surface area contributed by atoms with E-state index in [9.17, 15) is 0 Å². The van der Waals surface area contributed by atoms with Crippen LogP contribution in [-0.2, 0) is 0 Å². The Morgan fingerprint density at radius 1 is 0.850 bits per heavy atom. The van der Waals surface area contributed by atoms with Crippen LogP contribution in [0.15, 0.2) is 42.7 Å². The SMILES string of the molecule is c1cc(-c2nnc(-c3ccc4c(c3)OCO4)s2)ccn1. The first-order valence-corrected chi connectivity index (χ1v) is 6.86. The van der Waals surface area contributed by atoms with Crippen LogP contribution in [0.2, 0.25) is 0 Å². The molecule has 4 rings (SSSR count). The lowest BCUT2D eigenvalue weighted by atomic mass is 10.2. The average molecular weight is 283 g/mol. The zero-order valence-corrected chi connectivity index (χ0v) is 11.1. The molecule has 3 aromatic rings. The molecule has 6 heteroatoms. The molecule has 1 aromatic carbocycles. The van der Waals surface area contributed by atoms with E-state index in [0.29, 0.717) is 0 Å². The zero-order chi connectivity index (χ0) is 13.4. The number of benzene rings is 1. The van der Waals surface area contributed by atoms with E-state index in [2.05, 4.69) is 15.2 Å². The van der Waals surface area contributed by atoms with Crippen molar-refractivity contribution >= 4 is 11.3 Å². The monoisotopic (exact) mass is 283 g/mol. The Balaban J connectivity index is 1.72. The Labute approximate surface area is 118 Å². The highest BCUT2D eigenvalue weighted by molar-refractivity contribution is 7.17. The van der Waals surface area contributed by atoms with Gasteiger partial charge in [0.25, 0.3) is 0 Å². The van der Waals surface area contributed by atoms with Gasteiger partial charge in [-0.25, -0.2) is 0 Å². The molecule has 3 heterocycles. The summed E-state index contributed by atoms with van der Waals surface area (Å²) in [5.41, 5.74) is 2.00. The number of fused-ring (bicyclic) bond motifs is 1. The van der Waals surface area contributed by atoms with E-state index < -0.39 is 0 Å². The molecule has 1 aliphatic heterocycles. The molecular weight excluding hydrogens is 274 g/mol. The summed E-state index contributed by atoms with van der Waals surface area (Å²) in [6, 6.07) is 9.63. The highest BCUT2D eigenvalue weighted by atomic mass is 32.1. The van der Waals surface area contributed by atoms with E-state index in [1.54, 1.807) is 12.4 Å². The lowest BCUT2D eigenvalue weighted by molar-refractivity contribution is 0.174. The number of hydrogen-bond acceptors (Lipinski definition) is 6. The zero-order valence-electron chi connectivity index (χ0n) is 10.3. The molecule has 2 aromatic heterocycles. The predicted octanol–water partition coefficient (Wildman–Crippen LogP) is 3.00. The van der Waals surface area contributed by atoms with E-state index >= 15 is 0 Å². The van der Waals surface area contributed by atoms with Gasteiger partial charge in [-0.1, -0.05) is 11.3 Å². The molecule has 0 spiro atoms. The normalized spacial score (nSPS) is 12.6. The summed E-state index contributed by atoms with van der Waals surface area (Å²) in [7, 11) is 0. The third-order valence-corrected chi connectivity index (χ3v) is 3.99. The summed E-state index contributed by atoms with van der Waals surface area (Å²) in [6.45, 7) is 0.275. The molecule has 0 amide bonds. The van der Waals surface area contributed by atoms with Crippen LogP contribution in [0.5, 0.6) is 11.5 Å². The van der Waals surface area contributed by atoms with Crippen molar-refractivity contribution in [3.05, 3.63) is 42.7 Å². The van der Waals surface area contributed by atoms with E-state index in [0.717, 1.165) is 32.6 Å². The second kappa shape index (κ2) is 4.57. The fourth-order valence-electron chi connectivity index (χ4n) is 1.98. The van der Waals surface area contributed by atoms with E-state index in [-0.39, 0.29) is 6.79 Å². The first kappa shape index (κ1) is 11.4. The second-order valence-corrected chi connectivity index (χ2v) is 5.19. The number of pyridine rings is 1. The summed E-state index contributed by atoms with van der Waals surface area (Å²) in [6.07, 6.45) is 3.49. The van der Waals surface area contributed by atoms with E-state index in [1.165, 1.54) is 11.3 Å². The predicted molar refractivity (Wildman–Crippen MR) is 74.7 cm³/mol. The molecule has 5 nitrogen and oxygen atoms in total. The van der Waals surface area contributed by atoms with Gasteiger partial charge in [-0.2, -0.15) is 0 Å². The molecule has 0 aliphatic carbocycles. The fourth-order valence-corrected chi connectivity index (χ4v) is 2.83. The molecule has 0 N–H and O–H groups in total. The Morgan fingerprint density at radius 3 is 2.45 bits per heavy atom. The standard InChI is InChI=1S/C14H9N3O2S/c1-2-11-12(19-8-18-11)7-10(1)14-17-16-13(20-14)9-3-5-15-6-4-9/h1-7H,8H2. The first-order chi connectivity index (χ1) is 9.90. The van der Waals surface area contributed by atoms with Crippen LogP contribution in [0.3, 0.4) is 0 Å². The number of rotatable bonds is 2. The van der Waals surface area contributed by atoms with Crippen molar-refractivity contribution in [1.29, 1.82) is 0 Å². The van der Waals surface area contributed by atoms with Crippen molar-refractivity contribution in [3.8, 4) is 32.6 Å². The summed E-state index contributed by atoms with van der Waals surface area (Å²) < 4.78 is 10.7. The van der Waals surface area contributed by atoms with Crippen molar-refractivity contribution < 1.29 is 9.47 Å². The van der Waals surface area contributed by atoms with E-state index in [4.69, 9.17) is 9.47 Å². The maximum Gasteiger partial charge on any atom is 0.231 e. The number of hydrogen-bond donors (Lipinski definition) is 0. The number of aromatic nitrogens is 3. The third-order valence-electron chi connectivity index (χ3n) is 2.97. The highest BCUT2D eigenvalue weighted by Crippen LogP contribution is 2.37. The van der Waals surface area contributed by atoms with Crippen molar-refractivity contribution in [2.45, 2.75) is 0 Å². The average Bonchev–Trinajstić information content (AvgIpc) is 3.16. The molecular formula is C14H9N3O2S. The maximum absolute atomic E-state index is 5.38. The minimum Gasteiger partial charge on any atom is -0.454 e. The molecule has 0 bridgehead atoms. The quantitative estimate of drug-likeness (QED) is 0.723. The topological polar surface area (TPSA) is 57.1 Å². The largest absolute Gasteiger partial charge is 0.454 e. The van der Waals surface area contributed by atoms with Crippen LogP contribution in [-0.4, -0.2) is 22.0 Å². The van der Waals surface area contributed by atoms with E-state index in [1.807, 2.05) is 30.3 Å². The summed E-state index contributed by atoms with van der Waals surface area (Å²) in [4.78, 5) is 4.00. The number of nitrogens with zero attached hydrogens (tertiary/aromatic N) is 3. The molecule has 0 radical (unpaired) electrons. The summed E-state index contributed by atoms with van der Waals surface area (Å²) >= 11 is 1.54. The Bertz CT molecular complexity index is 758. The molecule has 0 saturated heterocycles. The van der Waals surface area contributed by atoms with Gasteiger partial charge in [0.1, 0.15) is 10.0 Å². The van der Waals surface area contributed by atoms with Crippen LogP contribution in [0.4, 0.5) is 0 Å². The van der Waals surface area contributed by atoms with Crippen LogP contribution in [0, 0.1) is 0 Å². The smallest absolute Gasteiger partial charge is 0.231 e. The van der Waals surface area contributed by atoms with Crippen LogP contribution < -0.4 is 9.47 Å². The Hall–Kier alpha value is -2.47. The van der Waals surface area contributed by atoms with Gasteiger partial charge in [-0.15, -0.1) is 10.2 Å². The summed E-state index contributed by atoms with van der Waals surface area (Å²) in [5, 5.41) is 10.2. The maximum atomic E-state index is 5.38. The molecule has 98 valence electrons. The van der Waals surface area contributed by atoms with Gasteiger partial charge in [-0.05, 0) is 30.3 Å². The molecule has 0 atom stereocenters. The van der Waals surface area contributed by atoms with Crippen LogP contribution >= 0.6 is 11.3 Å². The molecule has 0 unspecified atom stereocenters. The Morgan fingerprint density at radius 2 is 1.60 bits per heavy atom. The van der Waals surface area contributed by atoms with Gasteiger partial charge in [-0.3, -0.25) is 4.98 Å². The van der Waals surface area contributed by atoms with Gasteiger partial charge < -0.3 is 9.47 Å². The van der Waals surface area contributed by atoms with Gasteiger partial charge >= 0.3 is 0 Å². The summed E-state index contributed by atoms with van der Waals surface area (Å²) in [5.74, 6) is 1.52. The molecule has 20 heavy (non-hydrogen) atoms. The van der Waals surface area contributed by atoms with Crippen LogP contribution in [0.1, 0.15) is 0 Å². The van der Waals surface area contributed by atoms with Crippen LogP contribution in [0.25, 0.3) is 21.1 Å². The van der Waals surface area contributed by atoms with Crippen molar-refractivity contribution in [2.24, 2.45) is 0 Å². The van der Waals surface area contributed by atoms with Gasteiger partial charge in [0.2, 0.25) is 6.79 Å². The molecule has 0 fully saturated rings. The van der Waals surface area contributed by atoms with Crippen molar-refractivity contribution in [1.82, 2.24) is 15.2 Å². The van der Waals surface area contributed by atoms with Gasteiger partial charge in [0, 0.05) is 23.5 Å². The van der Waals surface area contributed by atoms with Crippen molar-refractivity contribution in [2.75, 3.05) is 6.79 Å². The molecule has 0 saturated carbocycles. The second-order valence-electron chi connectivity index (χ2n) is 4.22. The highest BCUT2D eigenvalue weighted by Gasteiger charge is 2.16. The minimum atomic E-state index is 0.275. The fraction of sp³-hybridized carbons (Fsp3) is 0.0714. The Kier molecular flexibility index (Phi) is 2.60. The minimum absolute atomic E-state index is 0.275. The van der Waals surface area contributed by atoms with Gasteiger partial charge in [0.15, 0.2) is 11.5 Å². The number of ether oxygens (including phenoxy) is 2. The first-order valence-electron chi connectivity index (χ1n) is 6.04. The third kappa shape index (κ3) is 1.90. The van der Waals surface area contributed by atoms with Gasteiger partial charge in [0.05, 0.1) is 0 Å². The molecule has 1 aliphatic rings. The lowest BCUT2D eigenvalue weighted by Gasteiger charge is -1.98. The van der Waals surface area contributed by atoms with Crippen molar-refractivity contribution in [3.63, 3.8) is 0 Å².